The summed E-state index contributed by atoms with van der Waals surface area (Å²) in [4.78, 5) is 9.53. The lowest BCUT2D eigenvalue weighted by Gasteiger charge is -2.29. The molecular weight excluding hydrogens is 361 g/mol. The first-order valence-corrected chi connectivity index (χ1v) is 9.64. The number of hydrogen-bond donors (Lipinski definition) is 0. The van der Waals surface area contributed by atoms with E-state index in [9.17, 15) is 13.2 Å². The Hall–Kier alpha value is -1.60. The van der Waals surface area contributed by atoms with Crippen LogP contribution in [0.3, 0.4) is 0 Å². The van der Waals surface area contributed by atoms with Gasteiger partial charge in [-0.15, -0.1) is 11.8 Å². The molecule has 2 fully saturated rings. The van der Waals surface area contributed by atoms with E-state index in [0.29, 0.717) is 17.4 Å². The molecule has 1 aliphatic heterocycles. The molecule has 0 radical (unpaired) electrons. The normalized spacial score (nSPS) is 23.8. The van der Waals surface area contributed by atoms with Crippen molar-refractivity contribution < 1.29 is 17.9 Å². The first kappa shape index (κ1) is 17.8. The highest BCUT2D eigenvalue weighted by Crippen LogP contribution is 2.40. The smallest absolute Gasteiger partial charge is 0.373 e. The van der Waals surface area contributed by atoms with Crippen LogP contribution in [0.1, 0.15) is 54.7 Å². The SMILES string of the molecule is FC(F)(F)c1cccc(S[C@@H]2CCO[C@@H](c3cnc(C4CC4)nc3)C2)c1. The molecule has 0 spiro atoms. The Balaban J connectivity index is 1.42. The van der Waals surface area contributed by atoms with Crippen LogP contribution in [0.5, 0.6) is 0 Å². The molecule has 1 saturated carbocycles. The molecule has 1 saturated heterocycles. The number of ether oxygens (including phenoxy) is 1. The minimum atomic E-state index is -4.31. The highest BCUT2D eigenvalue weighted by atomic mass is 32.2. The zero-order valence-electron chi connectivity index (χ0n) is 14.1. The maximum Gasteiger partial charge on any atom is 0.416 e. The Bertz CT molecular complexity index is 762. The Morgan fingerprint density at radius 1 is 1.08 bits per heavy atom. The van der Waals surface area contributed by atoms with Crippen molar-refractivity contribution in [1.29, 1.82) is 0 Å². The molecule has 0 N–H and O–H groups in total. The van der Waals surface area contributed by atoms with Crippen molar-refractivity contribution in [3.8, 4) is 0 Å². The maximum atomic E-state index is 12.9. The molecule has 3 nitrogen and oxygen atoms in total. The molecule has 1 aromatic carbocycles. The molecule has 26 heavy (non-hydrogen) atoms. The molecule has 7 heteroatoms. The van der Waals surface area contributed by atoms with Crippen molar-refractivity contribution in [3.63, 3.8) is 0 Å². The van der Waals surface area contributed by atoms with Crippen molar-refractivity contribution in [2.45, 2.75) is 54.0 Å². The zero-order chi connectivity index (χ0) is 18.1. The van der Waals surface area contributed by atoms with Gasteiger partial charge in [0.1, 0.15) is 5.82 Å². The lowest BCUT2D eigenvalue weighted by Crippen LogP contribution is -2.22. The first-order chi connectivity index (χ1) is 12.5. The maximum absolute atomic E-state index is 12.9. The lowest BCUT2D eigenvalue weighted by molar-refractivity contribution is -0.137. The van der Waals surface area contributed by atoms with Gasteiger partial charge in [-0.05, 0) is 43.9 Å². The molecule has 0 amide bonds. The molecule has 2 aliphatic rings. The average Bonchev–Trinajstić information content (AvgIpc) is 3.47. The summed E-state index contributed by atoms with van der Waals surface area (Å²) in [5, 5.41) is 0.209. The second-order valence-electron chi connectivity index (χ2n) is 6.80. The number of benzene rings is 1. The monoisotopic (exact) mass is 380 g/mol. The summed E-state index contributed by atoms with van der Waals surface area (Å²) in [5.41, 5.74) is 0.346. The van der Waals surface area contributed by atoms with E-state index in [4.69, 9.17) is 4.74 Å². The molecule has 1 aromatic heterocycles. The van der Waals surface area contributed by atoms with E-state index in [1.165, 1.54) is 23.9 Å². The number of aromatic nitrogens is 2. The average molecular weight is 380 g/mol. The van der Waals surface area contributed by atoms with Crippen LogP contribution in [-0.4, -0.2) is 21.8 Å². The third-order valence-corrected chi connectivity index (χ3v) is 5.99. The van der Waals surface area contributed by atoms with Crippen LogP contribution in [0.4, 0.5) is 13.2 Å². The van der Waals surface area contributed by atoms with E-state index in [1.54, 1.807) is 6.07 Å². The van der Waals surface area contributed by atoms with Crippen molar-refractivity contribution in [2.24, 2.45) is 0 Å². The fraction of sp³-hybridized carbons (Fsp3) is 0.474. The Labute approximate surface area is 154 Å². The summed E-state index contributed by atoms with van der Waals surface area (Å²) in [6.45, 7) is 0.589. The third-order valence-electron chi connectivity index (χ3n) is 4.71. The number of alkyl halides is 3. The summed E-state index contributed by atoms with van der Waals surface area (Å²) >= 11 is 1.49. The fourth-order valence-electron chi connectivity index (χ4n) is 3.11. The van der Waals surface area contributed by atoms with Gasteiger partial charge in [-0.25, -0.2) is 9.97 Å². The predicted molar refractivity (Wildman–Crippen MR) is 93.0 cm³/mol. The van der Waals surface area contributed by atoms with Crippen LogP contribution < -0.4 is 0 Å². The number of rotatable bonds is 4. The topological polar surface area (TPSA) is 35.0 Å². The van der Waals surface area contributed by atoms with Gasteiger partial charge in [0.2, 0.25) is 0 Å². The summed E-state index contributed by atoms with van der Waals surface area (Å²) < 4.78 is 44.5. The van der Waals surface area contributed by atoms with Crippen LogP contribution in [0.2, 0.25) is 0 Å². The van der Waals surface area contributed by atoms with Gasteiger partial charge in [0.15, 0.2) is 0 Å². The highest BCUT2D eigenvalue weighted by molar-refractivity contribution is 8.00. The van der Waals surface area contributed by atoms with Gasteiger partial charge in [-0.2, -0.15) is 13.2 Å². The molecule has 138 valence electrons. The van der Waals surface area contributed by atoms with E-state index in [1.807, 2.05) is 12.4 Å². The molecule has 0 bridgehead atoms. The standard InChI is InChI=1S/C19H19F3N2OS/c20-19(21,22)14-2-1-3-15(8-14)26-16-6-7-25-17(9-16)13-10-23-18(24-11-13)12-4-5-12/h1-3,8,10-12,16-17H,4-7,9H2/t16-,17-/m1/s1. The lowest BCUT2D eigenvalue weighted by atomic mass is 10.0. The second kappa shape index (κ2) is 7.19. The van der Waals surface area contributed by atoms with Gasteiger partial charge in [0.05, 0.1) is 11.7 Å². The zero-order valence-corrected chi connectivity index (χ0v) is 14.9. The van der Waals surface area contributed by atoms with Crippen LogP contribution in [0.15, 0.2) is 41.6 Å². The first-order valence-electron chi connectivity index (χ1n) is 8.76. The second-order valence-corrected chi connectivity index (χ2v) is 8.17. The number of nitrogens with zero attached hydrogens (tertiary/aromatic N) is 2. The molecule has 1 aliphatic carbocycles. The summed E-state index contributed by atoms with van der Waals surface area (Å²) in [6, 6.07) is 5.53. The van der Waals surface area contributed by atoms with Crippen molar-refractivity contribution in [3.05, 3.63) is 53.6 Å². The van der Waals surface area contributed by atoms with Crippen molar-refractivity contribution in [1.82, 2.24) is 9.97 Å². The third kappa shape index (κ3) is 4.20. The summed E-state index contributed by atoms with van der Waals surface area (Å²) in [5.74, 6) is 1.42. The predicted octanol–water partition coefficient (Wildman–Crippen LogP) is 5.39. The van der Waals surface area contributed by atoms with E-state index in [-0.39, 0.29) is 11.4 Å². The molecular formula is C19H19F3N2OS. The van der Waals surface area contributed by atoms with E-state index >= 15 is 0 Å². The molecule has 2 heterocycles. The minimum absolute atomic E-state index is 0.0969. The number of hydrogen-bond acceptors (Lipinski definition) is 4. The summed E-state index contributed by atoms with van der Waals surface area (Å²) in [7, 11) is 0. The van der Waals surface area contributed by atoms with Gasteiger partial charge in [0.25, 0.3) is 0 Å². The quantitative estimate of drug-likeness (QED) is 0.713. The van der Waals surface area contributed by atoms with E-state index < -0.39 is 11.7 Å². The van der Waals surface area contributed by atoms with E-state index in [2.05, 4.69) is 9.97 Å². The van der Waals surface area contributed by atoms with Crippen molar-refractivity contribution >= 4 is 11.8 Å². The molecule has 2 atom stereocenters. The Morgan fingerprint density at radius 3 is 2.54 bits per heavy atom. The van der Waals surface area contributed by atoms with Gasteiger partial charge in [-0.1, -0.05) is 6.07 Å². The Kier molecular flexibility index (Phi) is 4.92. The van der Waals surface area contributed by atoms with Crippen LogP contribution in [0, 0.1) is 0 Å². The van der Waals surface area contributed by atoms with Gasteiger partial charge in [0, 0.05) is 40.6 Å². The highest BCUT2D eigenvalue weighted by Gasteiger charge is 2.31. The largest absolute Gasteiger partial charge is 0.416 e. The molecule has 0 unspecified atom stereocenters. The van der Waals surface area contributed by atoms with Crippen LogP contribution in [-0.2, 0) is 10.9 Å². The van der Waals surface area contributed by atoms with Crippen LogP contribution >= 0.6 is 11.8 Å². The van der Waals surface area contributed by atoms with Crippen LogP contribution in [0.25, 0.3) is 0 Å². The van der Waals surface area contributed by atoms with Gasteiger partial charge in [-0.3, -0.25) is 0 Å². The fourth-order valence-corrected chi connectivity index (χ4v) is 4.33. The minimum Gasteiger partial charge on any atom is -0.373 e. The Morgan fingerprint density at radius 2 is 1.85 bits per heavy atom. The number of halogens is 3. The summed E-state index contributed by atoms with van der Waals surface area (Å²) in [6.07, 6.45) is 3.15. The molecule has 4 rings (SSSR count). The van der Waals surface area contributed by atoms with E-state index in [0.717, 1.165) is 43.1 Å². The van der Waals surface area contributed by atoms with Gasteiger partial charge < -0.3 is 4.74 Å². The molecule has 2 aromatic rings. The number of thioether (sulfide) groups is 1. The van der Waals surface area contributed by atoms with Crippen molar-refractivity contribution in [2.75, 3.05) is 6.61 Å². The van der Waals surface area contributed by atoms with Gasteiger partial charge >= 0.3 is 6.18 Å².